The quantitative estimate of drug-likeness (QED) is 0.896. The minimum Gasteiger partial charge on any atom is -0.309 e. The van der Waals surface area contributed by atoms with Crippen LogP contribution in [0.15, 0.2) is 24.3 Å². The number of rotatable bonds is 2. The summed E-state index contributed by atoms with van der Waals surface area (Å²) in [6.07, 6.45) is -4.26. The molecule has 3 atom stereocenters. The molecule has 1 heterocycles. The number of nitrogens with one attached hydrogen (secondary N) is 1. The summed E-state index contributed by atoms with van der Waals surface area (Å²) in [5, 5.41) is 3.45. The van der Waals surface area contributed by atoms with Gasteiger partial charge in [-0.25, -0.2) is 0 Å². The van der Waals surface area contributed by atoms with E-state index in [2.05, 4.69) is 24.1 Å². The van der Waals surface area contributed by atoms with E-state index in [1.54, 1.807) is 12.1 Å². The third-order valence-corrected chi connectivity index (χ3v) is 3.85. The molecule has 0 radical (unpaired) electrons. The molecule has 1 aromatic rings. The molecule has 0 spiro atoms. The first kappa shape index (κ1) is 15.3. The Morgan fingerprint density at radius 3 is 2.05 bits per heavy atom. The van der Waals surface area contributed by atoms with Crippen molar-refractivity contribution in [2.45, 2.75) is 45.1 Å². The highest BCUT2D eigenvalue weighted by Crippen LogP contribution is 2.31. The monoisotopic (exact) mass is 286 g/mol. The average Bonchev–Trinajstić information content (AvgIpc) is 2.36. The molecule has 20 heavy (non-hydrogen) atoms. The second kappa shape index (κ2) is 5.74. The molecule has 0 saturated carbocycles. The first-order chi connectivity index (χ1) is 9.27. The fraction of sp³-hybridized carbons (Fsp3) is 0.600. The largest absolute Gasteiger partial charge is 0.416 e. The summed E-state index contributed by atoms with van der Waals surface area (Å²) in [6.45, 7) is 8.12. The van der Waals surface area contributed by atoms with Crippen molar-refractivity contribution in [3.8, 4) is 0 Å². The molecule has 3 unspecified atom stereocenters. The van der Waals surface area contributed by atoms with Crippen LogP contribution in [0.1, 0.15) is 37.9 Å². The lowest BCUT2D eigenvalue weighted by Gasteiger charge is -2.39. The van der Waals surface area contributed by atoms with E-state index >= 15 is 0 Å². The van der Waals surface area contributed by atoms with E-state index in [0.29, 0.717) is 12.1 Å². The van der Waals surface area contributed by atoms with Crippen LogP contribution in [0.4, 0.5) is 13.2 Å². The molecule has 1 aliphatic rings. The highest BCUT2D eigenvalue weighted by atomic mass is 19.4. The topological polar surface area (TPSA) is 15.3 Å². The number of piperazine rings is 1. The van der Waals surface area contributed by atoms with Crippen LogP contribution in [0.25, 0.3) is 0 Å². The second-order valence-corrected chi connectivity index (χ2v) is 5.72. The molecule has 0 aliphatic carbocycles. The van der Waals surface area contributed by atoms with Gasteiger partial charge in [0.05, 0.1) is 5.56 Å². The van der Waals surface area contributed by atoms with Crippen LogP contribution in [0, 0.1) is 0 Å². The maximum atomic E-state index is 12.6. The Labute approximate surface area is 118 Å². The zero-order valence-electron chi connectivity index (χ0n) is 12.0. The van der Waals surface area contributed by atoms with Gasteiger partial charge in [-0.2, -0.15) is 13.2 Å². The molecule has 1 fully saturated rings. The van der Waals surface area contributed by atoms with Gasteiger partial charge >= 0.3 is 6.18 Å². The summed E-state index contributed by atoms with van der Waals surface area (Å²) < 4.78 is 37.7. The van der Waals surface area contributed by atoms with Crippen LogP contribution in [0.2, 0.25) is 0 Å². The number of halogens is 3. The number of alkyl halides is 3. The normalized spacial score (nSPS) is 26.5. The molecule has 1 saturated heterocycles. The second-order valence-electron chi connectivity index (χ2n) is 5.72. The third kappa shape index (κ3) is 3.52. The molecule has 1 aliphatic heterocycles. The van der Waals surface area contributed by atoms with E-state index in [9.17, 15) is 13.2 Å². The summed E-state index contributed by atoms with van der Waals surface area (Å²) in [7, 11) is 0. The van der Waals surface area contributed by atoms with Crippen molar-refractivity contribution in [1.29, 1.82) is 0 Å². The molecular formula is C15H21F3N2. The molecule has 1 aromatic carbocycles. The smallest absolute Gasteiger partial charge is 0.309 e. The van der Waals surface area contributed by atoms with Crippen molar-refractivity contribution in [2.75, 3.05) is 13.1 Å². The van der Waals surface area contributed by atoms with Crippen LogP contribution in [0.5, 0.6) is 0 Å². The maximum absolute atomic E-state index is 12.6. The Morgan fingerprint density at radius 2 is 1.60 bits per heavy atom. The fourth-order valence-corrected chi connectivity index (χ4v) is 2.85. The van der Waals surface area contributed by atoms with Crippen LogP contribution in [-0.2, 0) is 6.18 Å². The minimum atomic E-state index is -4.26. The predicted octanol–water partition coefficient (Wildman–Crippen LogP) is 3.45. The number of nitrogens with zero attached hydrogens (tertiary/aromatic N) is 1. The summed E-state index contributed by atoms with van der Waals surface area (Å²) >= 11 is 0. The number of hydrogen-bond donors (Lipinski definition) is 1. The number of benzene rings is 1. The molecule has 1 N–H and O–H groups in total. The molecule has 112 valence electrons. The molecule has 0 aromatic heterocycles. The number of hydrogen-bond acceptors (Lipinski definition) is 2. The zero-order chi connectivity index (χ0) is 14.9. The predicted molar refractivity (Wildman–Crippen MR) is 73.5 cm³/mol. The first-order valence-corrected chi connectivity index (χ1v) is 6.94. The van der Waals surface area contributed by atoms with Gasteiger partial charge in [0.15, 0.2) is 0 Å². The lowest BCUT2D eigenvalue weighted by atomic mass is 10.0. The van der Waals surface area contributed by atoms with E-state index in [1.807, 2.05) is 6.92 Å². The van der Waals surface area contributed by atoms with Crippen molar-refractivity contribution in [1.82, 2.24) is 10.2 Å². The van der Waals surface area contributed by atoms with Gasteiger partial charge in [-0.15, -0.1) is 0 Å². The summed E-state index contributed by atoms with van der Waals surface area (Å²) in [4.78, 5) is 2.31. The van der Waals surface area contributed by atoms with Crippen molar-refractivity contribution in [3.05, 3.63) is 35.4 Å². The molecule has 0 bridgehead atoms. The van der Waals surface area contributed by atoms with Crippen LogP contribution >= 0.6 is 0 Å². The Hall–Kier alpha value is -1.07. The molecule has 2 rings (SSSR count). The van der Waals surface area contributed by atoms with Gasteiger partial charge in [0.2, 0.25) is 0 Å². The molecule has 5 heteroatoms. The van der Waals surface area contributed by atoms with Gasteiger partial charge in [-0.3, -0.25) is 4.90 Å². The van der Waals surface area contributed by atoms with Crippen LogP contribution in [-0.4, -0.2) is 30.1 Å². The van der Waals surface area contributed by atoms with Gasteiger partial charge in [0.25, 0.3) is 0 Å². The zero-order valence-corrected chi connectivity index (χ0v) is 12.0. The summed E-state index contributed by atoms with van der Waals surface area (Å²) in [5.41, 5.74) is 0.342. The highest BCUT2D eigenvalue weighted by Gasteiger charge is 2.31. The Bertz CT molecular complexity index is 431. The van der Waals surface area contributed by atoms with E-state index in [4.69, 9.17) is 0 Å². The first-order valence-electron chi connectivity index (χ1n) is 6.94. The average molecular weight is 286 g/mol. The fourth-order valence-electron chi connectivity index (χ4n) is 2.85. The van der Waals surface area contributed by atoms with Crippen molar-refractivity contribution in [2.24, 2.45) is 0 Å². The van der Waals surface area contributed by atoms with Gasteiger partial charge in [-0.1, -0.05) is 12.1 Å². The van der Waals surface area contributed by atoms with E-state index in [0.717, 1.165) is 18.7 Å². The Morgan fingerprint density at radius 1 is 1.10 bits per heavy atom. The summed E-state index contributed by atoms with van der Waals surface area (Å²) in [6, 6.07) is 6.44. The third-order valence-electron chi connectivity index (χ3n) is 3.85. The highest BCUT2D eigenvalue weighted by molar-refractivity contribution is 5.26. The summed E-state index contributed by atoms with van der Waals surface area (Å²) in [5.74, 6) is 0. The van der Waals surface area contributed by atoms with Crippen LogP contribution < -0.4 is 5.32 Å². The van der Waals surface area contributed by atoms with Crippen molar-refractivity contribution >= 4 is 0 Å². The van der Waals surface area contributed by atoms with E-state index in [1.165, 1.54) is 12.1 Å². The maximum Gasteiger partial charge on any atom is 0.416 e. The van der Waals surface area contributed by atoms with Gasteiger partial charge in [0, 0.05) is 31.2 Å². The Kier molecular flexibility index (Phi) is 4.39. The van der Waals surface area contributed by atoms with Gasteiger partial charge < -0.3 is 5.32 Å². The van der Waals surface area contributed by atoms with Crippen LogP contribution in [0.3, 0.4) is 0 Å². The van der Waals surface area contributed by atoms with Gasteiger partial charge in [-0.05, 0) is 38.5 Å². The Balaban J connectivity index is 2.11. The molecule has 0 amide bonds. The van der Waals surface area contributed by atoms with E-state index < -0.39 is 11.7 Å². The van der Waals surface area contributed by atoms with Crippen molar-refractivity contribution in [3.63, 3.8) is 0 Å². The lowest BCUT2D eigenvalue weighted by molar-refractivity contribution is -0.137. The lowest BCUT2D eigenvalue weighted by Crippen LogP contribution is -2.54. The van der Waals surface area contributed by atoms with Crippen molar-refractivity contribution < 1.29 is 13.2 Å². The SMILES string of the molecule is CC1CN(C(C)c2ccc(C(F)(F)F)cc2)CC(C)N1. The standard InChI is InChI=1S/C15H21F3N2/c1-10-8-20(9-11(2)19-10)12(3)13-4-6-14(7-5-13)15(16,17)18/h4-7,10-12,19H,8-9H2,1-3H3. The van der Waals surface area contributed by atoms with E-state index in [-0.39, 0.29) is 6.04 Å². The molecular weight excluding hydrogens is 265 g/mol. The van der Waals surface area contributed by atoms with Gasteiger partial charge in [0.1, 0.15) is 0 Å². The minimum absolute atomic E-state index is 0.129. The molecule has 2 nitrogen and oxygen atoms in total.